The second kappa shape index (κ2) is 3.95. The average molecular weight is 234 g/mol. The molecule has 0 saturated heterocycles. The van der Waals surface area contributed by atoms with Gasteiger partial charge in [0.05, 0.1) is 5.48 Å². The van der Waals surface area contributed by atoms with Gasteiger partial charge in [0, 0.05) is 19.6 Å². The summed E-state index contributed by atoms with van der Waals surface area (Å²) in [6, 6.07) is -3.28. The summed E-state index contributed by atoms with van der Waals surface area (Å²) in [7, 11) is 0. The summed E-state index contributed by atoms with van der Waals surface area (Å²) in [4.78, 5) is 12.7. The highest BCUT2D eigenvalue weighted by molar-refractivity contribution is 6.31. The van der Waals surface area contributed by atoms with E-state index in [0.717, 1.165) is 0 Å². The van der Waals surface area contributed by atoms with E-state index in [1.165, 1.54) is 0 Å². The zero-order chi connectivity index (χ0) is 19.7. The predicted molar refractivity (Wildman–Crippen MR) is 60.8 cm³/mol. The lowest BCUT2D eigenvalue weighted by Crippen LogP contribution is -2.47. The molecule has 2 nitrogen and oxygen atoms in total. The molecule has 0 radical (unpaired) electrons. The van der Waals surface area contributed by atoms with Crippen molar-refractivity contribution in [2.24, 2.45) is 5.73 Å². The van der Waals surface area contributed by atoms with Gasteiger partial charge in [0.1, 0.15) is 5.54 Å². The lowest BCUT2D eigenvalue weighted by molar-refractivity contribution is -0.126. The number of nitrogens with two attached hydrogens (primary N) is 1. The molecule has 0 spiro atoms. The molecule has 1 aliphatic carbocycles. The van der Waals surface area contributed by atoms with Crippen molar-refractivity contribution in [3.05, 3.63) is 34.8 Å². The van der Waals surface area contributed by atoms with E-state index in [4.69, 9.17) is 31.0 Å². The Balaban J connectivity index is 2.99. The van der Waals surface area contributed by atoms with Gasteiger partial charge in [-0.15, -0.1) is 0 Å². The Kier molecular flexibility index (Phi) is 1.02. The molecule has 0 aliphatic heterocycles. The molecule has 3 heteroatoms. The van der Waals surface area contributed by atoms with E-state index >= 15 is 0 Å². The second-order valence-corrected chi connectivity index (χ2v) is 3.36. The van der Waals surface area contributed by atoms with Crippen LogP contribution in [0.4, 0.5) is 0 Å². The number of ketones is 1. The number of hydrogen-bond acceptors (Lipinski definition) is 2. The molecule has 1 unspecified atom stereocenters. The van der Waals surface area contributed by atoms with Crippen molar-refractivity contribution in [2.45, 2.75) is 31.1 Å². The van der Waals surface area contributed by atoms with Crippen LogP contribution in [0.15, 0.2) is 24.2 Å². The highest BCUT2D eigenvalue weighted by atomic mass is 35.5. The minimum Gasteiger partial charge on any atom is -0.315 e. The molecule has 0 aromatic heterocycles. The van der Waals surface area contributed by atoms with Gasteiger partial charge < -0.3 is 5.73 Å². The van der Waals surface area contributed by atoms with Gasteiger partial charge in [0.15, 0.2) is 5.78 Å². The minimum absolute atomic E-state index is 0.739. The van der Waals surface area contributed by atoms with Gasteiger partial charge >= 0.3 is 0 Å². The molecule has 2 rings (SSSR count). The summed E-state index contributed by atoms with van der Waals surface area (Å²) in [5, 5.41) is -0.751. The summed E-state index contributed by atoms with van der Waals surface area (Å²) in [5.74, 6) is -1.54. The summed E-state index contributed by atoms with van der Waals surface area (Å²) in [6.07, 6.45) is -10.0. The van der Waals surface area contributed by atoms with Gasteiger partial charge in [-0.05, 0) is 24.4 Å². The topological polar surface area (TPSA) is 43.1 Å². The molecule has 80 valence electrons. The zero-order valence-electron chi connectivity index (χ0n) is 17.6. The van der Waals surface area contributed by atoms with E-state index in [9.17, 15) is 4.79 Å². The van der Waals surface area contributed by atoms with Crippen LogP contribution in [0.2, 0.25) is 5.02 Å². The van der Waals surface area contributed by atoms with Crippen LogP contribution in [-0.2, 0) is 10.3 Å². The Labute approximate surface area is 108 Å². The molecule has 1 fully saturated rings. The lowest BCUT2D eigenvalue weighted by atomic mass is 9.76. The molecule has 0 bridgehead atoms. The van der Waals surface area contributed by atoms with Crippen molar-refractivity contribution in [2.75, 3.05) is 0 Å². The Hall–Kier alpha value is -0.860. The van der Waals surface area contributed by atoms with Crippen molar-refractivity contribution in [1.29, 1.82) is 0 Å². The highest BCUT2D eigenvalue weighted by Crippen LogP contribution is 2.35. The quantitative estimate of drug-likeness (QED) is 0.811. The summed E-state index contributed by atoms with van der Waals surface area (Å²) in [5.41, 5.74) is 2.00. The summed E-state index contributed by atoms with van der Waals surface area (Å²) < 4.78 is 78.3. The minimum atomic E-state index is -3.19. The number of carbonyl (C=O) groups excluding carboxylic acids is 1. The summed E-state index contributed by atoms with van der Waals surface area (Å²) in [6.45, 7) is 0. The maximum absolute atomic E-state index is 12.7. The van der Waals surface area contributed by atoms with Gasteiger partial charge in [0.25, 0.3) is 0 Å². The number of benzene rings is 1. The third-order valence-electron chi connectivity index (χ3n) is 2.02. The molecule has 1 atom stereocenters. The number of Topliss-reactive ketones (excluding diaryl/α,β-unsaturated/α-hetero) is 1. The Morgan fingerprint density at radius 2 is 2.27 bits per heavy atom. The standard InChI is InChI=1S/C12H14ClNO/c13-10-6-2-1-5-9(10)12(14)8-4-3-7-11(12)15/h1-2,5-6H,3-4,7-8,14H2/i1D,2D,4D2,5D,6D,7D2,8D2. The molecule has 1 saturated carbocycles. The monoisotopic (exact) mass is 233 g/mol. The molecule has 1 aromatic rings. The van der Waals surface area contributed by atoms with Gasteiger partial charge in [-0.25, -0.2) is 0 Å². The maximum Gasteiger partial charge on any atom is 0.157 e. The smallest absolute Gasteiger partial charge is 0.157 e. The normalized spacial score (nSPS) is 46.4. The van der Waals surface area contributed by atoms with Crippen molar-refractivity contribution in [3.63, 3.8) is 0 Å². The Morgan fingerprint density at radius 1 is 1.53 bits per heavy atom. The van der Waals surface area contributed by atoms with E-state index in [0.29, 0.717) is 0 Å². The highest BCUT2D eigenvalue weighted by Gasteiger charge is 2.38. The fourth-order valence-corrected chi connectivity index (χ4v) is 1.49. The van der Waals surface area contributed by atoms with Gasteiger partial charge in [-0.2, -0.15) is 0 Å². The van der Waals surface area contributed by atoms with Crippen LogP contribution in [0, 0.1) is 0 Å². The second-order valence-electron chi connectivity index (χ2n) is 2.98. The van der Waals surface area contributed by atoms with E-state index in [1.807, 2.05) is 0 Å². The fourth-order valence-electron chi connectivity index (χ4n) is 1.25. The van der Waals surface area contributed by atoms with Gasteiger partial charge in [-0.1, -0.05) is 36.1 Å². The molecule has 0 heterocycles. The van der Waals surface area contributed by atoms with Crippen LogP contribution in [-0.4, -0.2) is 5.78 Å². The molecule has 0 amide bonds. The van der Waals surface area contributed by atoms with E-state index in [1.54, 1.807) is 0 Å². The predicted octanol–water partition coefficient (Wildman–Crippen LogP) is 2.64. The lowest BCUT2D eigenvalue weighted by Gasteiger charge is -2.32. The van der Waals surface area contributed by atoms with Crippen molar-refractivity contribution < 1.29 is 18.5 Å². The molecular formula is C12H14ClNO. The zero-order valence-corrected chi connectivity index (χ0v) is 8.33. The van der Waals surface area contributed by atoms with Crippen molar-refractivity contribution in [1.82, 2.24) is 0 Å². The van der Waals surface area contributed by atoms with Crippen LogP contribution < -0.4 is 5.73 Å². The first-order valence-electron chi connectivity index (χ1n) is 9.14. The van der Waals surface area contributed by atoms with Gasteiger partial charge in [-0.3, -0.25) is 4.79 Å². The van der Waals surface area contributed by atoms with Crippen molar-refractivity contribution >= 4 is 17.4 Å². The third kappa shape index (κ3) is 1.80. The van der Waals surface area contributed by atoms with Crippen LogP contribution in [0.3, 0.4) is 0 Å². The largest absolute Gasteiger partial charge is 0.315 e. The first kappa shape index (κ1) is 3.86. The molecule has 2 N–H and O–H groups in total. The molecule has 1 aliphatic rings. The number of hydrogen-bond donors (Lipinski definition) is 1. The first-order valence-corrected chi connectivity index (χ1v) is 4.52. The Bertz CT molecular complexity index is 751. The van der Waals surface area contributed by atoms with Crippen LogP contribution in [0.1, 0.15) is 44.8 Å². The number of rotatable bonds is 1. The first-order chi connectivity index (χ1) is 11.0. The van der Waals surface area contributed by atoms with Crippen LogP contribution >= 0.6 is 11.6 Å². The summed E-state index contributed by atoms with van der Waals surface area (Å²) >= 11 is 5.92. The number of halogens is 1. The third-order valence-corrected chi connectivity index (χ3v) is 2.30. The van der Waals surface area contributed by atoms with Crippen molar-refractivity contribution in [3.8, 4) is 0 Å². The molecule has 1 aromatic carbocycles. The number of carbonyl (C=O) groups is 1. The van der Waals surface area contributed by atoms with E-state index < -0.39 is 71.6 Å². The van der Waals surface area contributed by atoms with Crippen LogP contribution in [0.25, 0.3) is 0 Å². The van der Waals surface area contributed by atoms with E-state index in [-0.39, 0.29) is 0 Å². The average Bonchev–Trinajstić information content (AvgIpc) is 2.47. The molecular weight excluding hydrogens is 210 g/mol. The SMILES string of the molecule is [2H]c1c([2H])c([2H])c(C2(N)C(=O)C([2H])([2H])CC([2H])([2H])C2([2H])[2H])c(Cl)c1[2H]. The maximum atomic E-state index is 12.7. The molecule has 15 heavy (non-hydrogen) atoms. The van der Waals surface area contributed by atoms with Crippen LogP contribution in [0.5, 0.6) is 0 Å². The van der Waals surface area contributed by atoms with E-state index in [2.05, 4.69) is 0 Å². The Morgan fingerprint density at radius 3 is 3.07 bits per heavy atom. The fraction of sp³-hybridized carbons (Fsp3) is 0.417. The van der Waals surface area contributed by atoms with Gasteiger partial charge in [0.2, 0.25) is 0 Å².